The summed E-state index contributed by atoms with van der Waals surface area (Å²) in [7, 11) is 0. The van der Waals surface area contributed by atoms with Crippen LogP contribution in [0.4, 0.5) is 0 Å². The predicted octanol–water partition coefficient (Wildman–Crippen LogP) is -2.64. The minimum atomic E-state index is -1.58. The number of carbonyl (C=O) groups excluding carboxylic acids is 3. The van der Waals surface area contributed by atoms with E-state index in [-0.39, 0.29) is 37.0 Å². The number of nitrogens with zero attached hydrogens (tertiary/aromatic N) is 1. The second-order valence-electron chi connectivity index (χ2n) is 7.99. The number of nitrogens with two attached hydrogens (primary N) is 3. The number of thiol groups is 1. The number of hydrogen-bond acceptors (Lipinski definition) is 8. The van der Waals surface area contributed by atoms with E-state index in [9.17, 15) is 29.1 Å². The summed E-state index contributed by atoms with van der Waals surface area (Å²) in [5.41, 5.74) is 16.2. The Morgan fingerprint density at radius 3 is 1.91 bits per heavy atom. The molecule has 0 aromatic rings. The largest absolute Gasteiger partial charge is 0.481 e. The highest BCUT2D eigenvalue weighted by atomic mass is 32.1. The van der Waals surface area contributed by atoms with E-state index in [1.807, 2.05) is 0 Å². The maximum atomic E-state index is 12.6. The van der Waals surface area contributed by atoms with E-state index in [1.165, 1.54) is 0 Å². The third-order valence-corrected chi connectivity index (χ3v) is 4.82. The number of aliphatic imine (C=N–C) groups is 1. The molecular weight excluding hydrogens is 470 g/mol. The number of aliphatic carboxylic acids is 2. The highest BCUT2D eigenvalue weighted by Gasteiger charge is 2.31. The summed E-state index contributed by atoms with van der Waals surface area (Å²) in [6, 6.07) is -5.05. The molecule has 194 valence electrons. The number of carboxylic acid groups (broad SMARTS) is 2. The molecule has 0 heterocycles. The van der Waals surface area contributed by atoms with E-state index in [1.54, 1.807) is 13.8 Å². The van der Waals surface area contributed by atoms with Crippen molar-refractivity contribution in [3.05, 3.63) is 0 Å². The lowest BCUT2D eigenvalue weighted by atomic mass is 10.0. The van der Waals surface area contributed by atoms with Crippen LogP contribution in [0.25, 0.3) is 0 Å². The summed E-state index contributed by atoms with van der Waals surface area (Å²) in [5, 5.41) is 25.3. The molecule has 0 rings (SSSR count). The molecule has 4 atom stereocenters. The van der Waals surface area contributed by atoms with E-state index in [0.717, 1.165) is 0 Å². The van der Waals surface area contributed by atoms with Gasteiger partial charge in [0.05, 0.1) is 12.5 Å². The quantitative estimate of drug-likeness (QED) is 0.0456. The van der Waals surface area contributed by atoms with Gasteiger partial charge in [-0.05, 0) is 25.2 Å². The van der Waals surface area contributed by atoms with E-state index >= 15 is 0 Å². The Labute approximate surface area is 202 Å². The predicted molar refractivity (Wildman–Crippen MR) is 127 cm³/mol. The summed E-state index contributed by atoms with van der Waals surface area (Å²) in [4.78, 5) is 63.8. The zero-order chi connectivity index (χ0) is 26.4. The zero-order valence-electron chi connectivity index (χ0n) is 19.2. The molecule has 0 aromatic carbocycles. The van der Waals surface area contributed by atoms with Gasteiger partial charge in [-0.25, -0.2) is 4.79 Å². The van der Waals surface area contributed by atoms with E-state index in [0.29, 0.717) is 6.42 Å². The number of amides is 3. The van der Waals surface area contributed by atoms with Crippen molar-refractivity contribution in [2.45, 2.75) is 63.7 Å². The van der Waals surface area contributed by atoms with Gasteiger partial charge in [0.1, 0.15) is 18.1 Å². The first kappa shape index (κ1) is 30.9. The smallest absolute Gasteiger partial charge is 0.326 e. The number of guanidine groups is 1. The van der Waals surface area contributed by atoms with Gasteiger partial charge >= 0.3 is 11.9 Å². The molecule has 0 bridgehead atoms. The zero-order valence-corrected chi connectivity index (χ0v) is 20.1. The average molecular weight is 506 g/mol. The number of hydrogen-bond donors (Lipinski definition) is 9. The van der Waals surface area contributed by atoms with Crippen molar-refractivity contribution in [1.29, 1.82) is 0 Å². The van der Waals surface area contributed by atoms with Gasteiger partial charge < -0.3 is 43.4 Å². The van der Waals surface area contributed by atoms with Gasteiger partial charge in [-0.2, -0.15) is 12.6 Å². The molecule has 0 aliphatic carbocycles. The third-order valence-electron chi connectivity index (χ3n) is 4.45. The van der Waals surface area contributed by atoms with Crippen LogP contribution in [0.3, 0.4) is 0 Å². The fourth-order valence-corrected chi connectivity index (χ4v) is 3.00. The Hall–Kier alpha value is -3.07. The molecule has 34 heavy (non-hydrogen) atoms. The fourth-order valence-electron chi connectivity index (χ4n) is 2.74. The second-order valence-corrected chi connectivity index (χ2v) is 8.35. The molecule has 0 radical (unpaired) electrons. The molecule has 15 heteroatoms. The first-order valence-corrected chi connectivity index (χ1v) is 11.2. The summed E-state index contributed by atoms with van der Waals surface area (Å²) in [5.74, 6) is -5.56. The van der Waals surface area contributed by atoms with Gasteiger partial charge in [0, 0.05) is 12.3 Å². The van der Waals surface area contributed by atoms with Crippen molar-refractivity contribution < 1.29 is 34.2 Å². The molecule has 0 saturated carbocycles. The van der Waals surface area contributed by atoms with Gasteiger partial charge in [0.25, 0.3) is 0 Å². The number of nitrogens with one attached hydrogen (secondary N) is 3. The Morgan fingerprint density at radius 2 is 1.44 bits per heavy atom. The minimum absolute atomic E-state index is 0.0682. The average Bonchev–Trinajstić information content (AvgIpc) is 2.72. The summed E-state index contributed by atoms with van der Waals surface area (Å²) in [6.45, 7) is 3.77. The van der Waals surface area contributed by atoms with Gasteiger partial charge in [0.15, 0.2) is 5.96 Å². The van der Waals surface area contributed by atoms with E-state index in [4.69, 9.17) is 22.3 Å². The molecule has 3 amide bonds. The number of rotatable bonds is 16. The standard InChI is InChI=1S/C19H35N7O7S/c1-9(2)6-12(18(32)33)25-16(30)11(7-14(27)28)24-17(31)13(8-34)26-15(29)10(20)4-3-5-23-19(21)22/h9-13,34H,3-8,20H2,1-2H3,(H,24,31)(H,25,30)(H,26,29)(H,27,28)(H,32,33)(H4,21,22,23). The Balaban J connectivity index is 5.16. The fraction of sp³-hybridized carbons (Fsp3) is 0.684. The molecule has 0 fully saturated rings. The van der Waals surface area contributed by atoms with Crippen LogP contribution in [0.15, 0.2) is 4.99 Å². The van der Waals surface area contributed by atoms with Crippen molar-refractivity contribution in [2.24, 2.45) is 28.1 Å². The van der Waals surface area contributed by atoms with Crippen molar-refractivity contribution in [2.75, 3.05) is 12.3 Å². The van der Waals surface area contributed by atoms with Gasteiger partial charge in [-0.3, -0.25) is 24.2 Å². The lowest BCUT2D eigenvalue weighted by Gasteiger charge is -2.24. The second kappa shape index (κ2) is 15.7. The topological polar surface area (TPSA) is 252 Å². The SMILES string of the molecule is CC(C)CC(NC(=O)C(CC(=O)O)NC(=O)C(CS)NC(=O)C(N)CCCN=C(N)N)C(=O)O. The van der Waals surface area contributed by atoms with Crippen LogP contribution in [0.5, 0.6) is 0 Å². The number of carboxylic acids is 2. The van der Waals surface area contributed by atoms with Crippen LogP contribution in [0.1, 0.15) is 39.5 Å². The lowest BCUT2D eigenvalue weighted by molar-refractivity contribution is -0.144. The van der Waals surface area contributed by atoms with Crippen LogP contribution in [0.2, 0.25) is 0 Å². The molecular formula is C19H35N7O7S. The van der Waals surface area contributed by atoms with Gasteiger partial charge in [0.2, 0.25) is 17.7 Å². The van der Waals surface area contributed by atoms with Crippen molar-refractivity contribution in [3.8, 4) is 0 Å². The molecule has 11 N–H and O–H groups in total. The minimum Gasteiger partial charge on any atom is -0.481 e. The molecule has 0 aromatic heterocycles. The van der Waals surface area contributed by atoms with Gasteiger partial charge in [-0.1, -0.05) is 13.8 Å². The van der Waals surface area contributed by atoms with Crippen molar-refractivity contribution in [3.63, 3.8) is 0 Å². The molecule has 0 aliphatic rings. The maximum Gasteiger partial charge on any atom is 0.326 e. The molecule has 0 saturated heterocycles. The van der Waals surface area contributed by atoms with Crippen LogP contribution >= 0.6 is 12.6 Å². The van der Waals surface area contributed by atoms with Crippen LogP contribution in [-0.2, 0) is 24.0 Å². The maximum absolute atomic E-state index is 12.6. The van der Waals surface area contributed by atoms with E-state index in [2.05, 4.69) is 33.6 Å². The summed E-state index contributed by atoms with van der Waals surface area (Å²) < 4.78 is 0. The van der Waals surface area contributed by atoms with Crippen molar-refractivity contribution >= 4 is 48.2 Å². The van der Waals surface area contributed by atoms with E-state index < -0.39 is 60.2 Å². The first-order chi connectivity index (χ1) is 15.8. The highest BCUT2D eigenvalue weighted by Crippen LogP contribution is 2.06. The number of carbonyl (C=O) groups is 5. The Bertz CT molecular complexity index is 759. The summed E-state index contributed by atoms with van der Waals surface area (Å²) in [6.07, 6.45) is -0.0689. The van der Waals surface area contributed by atoms with Crippen LogP contribution in [-0.4, -0.2) is 82.3 Å². The Morgan fingerprint density at radius 1 is 0.912 bits per heavy atom. The lowest BCUT2D eigenvalue weighted by Crippen LogP contribution is -2.58. The van der Waals surface area contributed by atoms with Crippen LogP contribution < -0.4 is 33.2 Å². The molecule has 0 aliphatic heterocycles. The molecule has 4 unspecified atom stereocenters. The van der Waals surface area contributed by atoms with Crippen LogP contribution in [0, 0.1) is 5.92 Å². The first-order valence-electron chi connectivity index (χ1n) is 10.6. The third kappa shape index (κ3) is 12.8. The normalized spacial score (nSPS) is 14.3. The summed E-state index contributed by atoms with van der Waals surface area (Å²) >= 11 is 4.01. The Kier molecular flexibility index (Phi) is 14.3. The van der Waals surface area contributed by atoms with Crippen molar-refractivity contribution in [1.82, 2.24) is 16.0 Å². The van der Waals surface area contributed by atoms with Gasteiger partial charge in [-0.15, -0.1) is 0 Å². The highest BCUT2D eigenvalue weighted by molar-refractivity contribution is 7.80. The molecule has 14 nitrogen and oxygen atoms in total. The molecule has 0 spiro atoms. The monoisotopic (exact) mass is 505 g/mol.